The number of nitrogens with one attached hydrogen (secondary N) is 1. The third-order valence-corrected chi connectivity index (χ3v) is 5.18. The zero-order chi connectivity index (χ0) is 18.0. The second-order valence-corrected chi connectivity index (χ2v) is 6.82. The van der Waals surface area contributed by atoms with Gasteiger partial charge in [-0.3, -0.25) is 4.98 Å². The molecule has 0 aromatic carbocycles. The molecule has 0 radical (unpaired) electrons. The molecule has 0 unspecified atom stereocenters. The number of hydrogen-bond donors (Lipinski definition) is 1. The Bertz CT molecular complexity index is 912. The van der Waals surface area contributed by atoms with Gasteiger partial charge in [-0.25, -0.2) is 9.37 Å². The van der Waals surface area contributed by atoms with E-state index in [1.807, 2.05) is 18.2 Å². The van der Waals surface area contributed by atoms with Crippen LogP contribution >= 0.6 is 11.6 Å². The smallest absolute Gasteiger partial charge is 0.148 e. The van der Waals surface area contributed by atoms with Gasteiger partial charge in [-0.1, -0.05) is 18.0 Å². The fraction of sp³-hybridized carbons (Fsp3) is 0.263. The topological polar surface area (TPSA) is 63.6 Å². The molecule has 4 rings (SSSR count). The van der Waals surface area contributed by atoms with Gasteiger partial charge in [0.2, 0.25) is 0 Å². The minimum atomic E-state index is -0.279. The fourth-order valence-corrected chi connectivity index (χ4v) is 3.50. The van der Waals surface area contributed by atoms with Crippen LogP contribution in [-0.2, 0) is 5.41 Å². The van der Waals surface area contributed by atoms with Gasteiger partial charge in [0, 0.05) is 29.9 Å². The first-order valence-corrected chi connectivity index (χ1v) is 8.85. The summed E-state index contributed by atoms with van der Waals surface area (Å²) in [7, 11) is 0. The molecule has 0 spiro atoms. The molecule has 5 nitrogen and oxygen atoms in total. The molecule has 1 saturated carbocycles. The highest BCUT2D eigenvalue weighted by atomic mass is 35.5. The number of aromatic nitrogens is 4. The van der Waals surface area contributed by atoms with E-state index in [0.29, 0.717) is 28.9 Å². The Morgan fingerprint density at radius 1 is 1.04 bits per heavy atom. The van der Waals surface area contributed by atoms with Crippen molar-refractivity contribution in [3.05, 3.63) is 65.5 Å². The summed E-state index contributed by atoms with van der Waals surface area (Å²) < 4.78 is 14.2. The minimum Gasteiger partial charge on any atom is -0.368 e. The van der Waals surface area contributed by atoms with Gasteiger partial charge in [0.1, 0.15) is 16.8 Å². The Morgan fingerprint density at radius 3 is 2.50 bits per heavy atom. The van der Waals surface area contributed by atoms with Gasteiger partial charge in [0.05, 0.1) is 11.4 Å². The van der Waals surface area contributed by atoms with E-state index in [2.05, 4.69) is 25.5 Å². The summed E-state index contributed by atoms with van der Waals surface area (Å²) in [4.78, 5) is 8.32. The molecule has 1 fully saturated rings. The van der Waals surface area contributed by atoms with E-state index in [1.54, 1.807) is 24.5 Å². The maximum Gasteiger partial charge on any atom is 0.148 e. The number of pyridine rings is 2. The number of anilines is 1. The van der Waals surface area contributed by atoms with Gasteiger partial charge < -0.3 is 5.32 Å². The second kappa shape index (κ2) is 6.96. The number of hydrogen-bond acceptors (Lipinski definition) is 5. The second-order valence-electron chi connectivity index (χ2n) is 6.47. The first kappa shape index (κ1) is 16.8. The van der Waals surface area contributed by atoms with Crippen LogP contribution in [0.15, 0.2) is 48.8 Å². The van der Waals surface area contributed by atoms with Crippen molar-refractivity contribution < 1.29 is 4.39 Å². The summed E-state index contributed by atoms with van der Waals surface area (Å²) in [6.07, 6.45) is 6.16. The molecule has 1 aliphatic carbocycles. The Balaban J connectivity index is 1.50. The van der Waals surface area contributed by atoms with Crippen LogP contribution in [0.3, 0.4) is 0 Å². The molecular weight excluding hydrogens is 353 g/mol. The molecule has 7 heteroatoms. The highest BCUT2D eigenvalue weighted by molar-refractivity contribution is 6.31. The van der Waals surface area contributed by atoms with Gasteiger partial charge in [0.25, 0.3) is 0 Å². The first-order chi connectivity index (χ1) is 12.7. The maximum absolute atomic E-state index is 14.2. The molecule has 26 heavy (non-hydrogen) atoms. The fourth-order valence-electron chi connectivity index (χ4n) is 3.28. The van der Waals surface area contributed by atoms with Crippen LogP contribution in [0.25, 0.3) is 11.3 Å². The van der Waals surface area contributed by atoms with Gasteiger partial charge in [-0.2, -0.15) is 0 Å². The summed E-state index contributed by atoms with van der Waals surface area (Å²) in [5.41, 5.74) is 1.64. The Kier molecular flexibility index (Phi) is 4.51. The summed E-state index contributed by atoms with van der Waals surface area (Å²) in [6, 6.07) is 10.4. The lowest BCUT2D eigenvalue weighted by Crippen LogP contribution is -2.42. The lowest BCUT2D eigenvalue weighted by molar-refractivity contribution is 0.243. The zero-order valence-corrected chi connectivity index (χ0v) is 14.7. The normalized spacial score (nSPS) is 15.3. The molecule has 132 valence electrons. The molecule has 0 aliphatic heterocycles. The number of halogens is 2. The quantitative estimate of drug-likeness (QED) is 0.681. The van der Waals surface area contributed by atoms with E-state index in [9.17, 15) is 4.39 Å². The van der Waals surface area contributed by atoms with E-state index in [1.165, 1.54) is 6.07 Å². The molecule has 0 bridgehead atoms. The molecule has 3 aromatic heterocycles. The van der Waals surface area contributed by atoms with Gasteiger partial charge in [-0.15, -0.1) is 10.2 Å². The predicted octanol–water partition coefficient (Wildman–Crippen LogP) is 4.26. The van der Waals surface area contributed by atoms with Crippen LogP contribution in [-0.4, -0.2) is 26.7 Å². The molecule has 1 aliphatic rings. The standard InChI is InChI=1S/C19H17ClFN5/c20-18-13(4-1-11-23-18)15-6-7-16(26-25-15)24-12-19(8-3-9-19)17-14(21)5-2-10-22-17/h1-2,4-7,10-11H,3,8-9,12H2,(H,24,26). The van der Waals surface area contributed by atoms with Crippen molar-refractivity contribution in [2.45, 2.75) is 24.7 Å². The van der Waals surface area contributed by atoms with Crippen molar-refractivity contribution in [2.75, 3.05) is 11.9 Å². The highest BCUT2D eigenvalue weighted by Crippen LogP contribution is 2.43. The Hall–Kier alpha value is -2.60. The first-order valence-electron chi connectivity index (χ1n) is 8.47. The van der Waals surface area contributed by atoms with E-state index >= 15 is 0 Å². The molecule has 0 amide bonds. The molecule has 3 aromatic rings. The molecule has 1 N–H and O–H groups in total. The summed E-state index contributed by atoms with van der Waals surface area (Å²) in [6.45, 7) is 0.572. The lowest BCUT2D eigenvalue weighted by Gasteiger charge is -2.41. The SMILES string of the molecule is Fc1cccnc1C1(CNc2ccc(-c3cccnc3Cl)nn2)CCC1. The highest BCUT2D eigenvalue weighted by Gasteiger charge is 2.41. The van der Waals surface area contributed by atoms with Crippen molar-refractivity contribution in [1.82, 2.24) is 20.2 Å². The van der Waals surface area contributed by atoms with Gasteiger partial charge in [0.15, 0.2) is 0 Å². The number of nitrogens with zero attached hydrogens (tertiary/aromatic N) is 4. The largest absolute Gasteiger partial charge is 0.368 e. The summed E-state index contributed by atoms with van der Waals surface area (Å²) in [5, 5.41) is 12.1. The van der Waals surface area contributed by atoms with Crippen LogP contribution in [0.5, 0.6) is 0 Å². The molecule has 0 atom stereocenters. The van der Waals surface area contributed by atoms with Crippen molar-refractivity contribution >= 4 is 17.4 Å². The van der Waals surface area contributed by atoms with Crippen molar-refractivity contribution in [3.63, 3.8) is 0 Å². The average molecular weight is 370 g/mol. The average Bonchev–Trinajstić information content (AvgIpc) is 2.63. The predicted molar refractivity (Wildman–Crippen MR) is 98.5 cm³/mol. The zero-order valence-electron chi connectivity index (χ0n) is 14.0. The Morgan fingerprint density at radius 2 is 1.85 bits per heavy atom. The van der Waals surface area contributed by atoms with E-state index in [0.717, 1.165) is 24.8 Å². The van der Waals surface area contributed by atoms with E-state index < -0.39 is 0 Å². The third-order valence-electron chi connectivity index (χ3n) is 4.88. The van der Waals surface area contributed by atoms with Crippen LogP contribution in [0, 0.1) is 5.82 Å². The molecule has 0 saturated heterocycles. The van der Waals surface area contributed by atoms with E-state index in [4.69, 9.17) is 11.6 Å². The Labute approximate surface area is 155 Å². The number of rotatable bonds is 5. The van der Waals surface area contributed by atoms with Crippen LogP contribution in [0.4, 0.5) is 10.2 Å². The third kappa shape index (κ3) is 3.12. The molecular formula is C19H17ClFN5. The van der Waals surface area contributed by atoms with Crippen molar-refractivity contribution in [2.24, 2.45) is 0 Å². The lowest BCUT2D eigenvalue weighted by atomic mass is 9.66. The van der Waals surface area contributed by atoms with Gasteiger partial charge in [-0.05, 0) is 49.2 Å². The maximum atomic E-state index is 14.2. The van der Waals surface area contributed by atoms with Crippen LogP contribution in [0.1, 0.15) is 25.0 Å². The molecule has 3 heterocycles. The van der Waals surface area contributed by atoms with Crippen LogP contribution < -0.4 is 5.32 Å². The van der Waals surface area contributed by atoms with Crippen molar-refractivity contribution in [1.29, 1.82) is 0 Å². The minimum absolute atomic E-state index is 0.248. The van der Waals surface area contributed by atoms with Gasteiger partial charge >= 0.3 is 0 Å². The monoisotopic (exact) mass is 369 g/mol. The van der Waals surface area contributed by atoms with Crippen molar-refractivity contribution in [3.8, 4) is 11.3 Å². The summed E-state index contributed by atoms with van der Waals surface area (Å²) in [5.74, 6) is 0.387. The summed E-state index contributed by atoms with van der Waals surface area (Å²) >= 11 is 6.09. The van der Waals surface area contributed by atoms with Crippen LogP contribution in [0.2, 0.25) is 5.15 Å². The van der Waals surface area contributed by atoms with E-state index in [-0.39, 0.29) is 11.2 Å².